The molecule has 1 aromatic rings. The number of halogens is 1. The molecule has 3 nitrogen and oxygen atoms in total. The lowest BCUT2D eigenvalue weighted by molar-refractivity contribution is 0.0310. The van der Waals surface area contributed by atoms with Gasteiger partial charge in [0.15, 0.2) is 0 Å². The van der Waals surface area contributed by atoms with Crippen molar-refractivity contribution in [1.29, 1.82) is 0 Å². The van der Waals surface area contributed by atoms with Gasteiger partial charge in [-0.1, -0.05) is 11.6 Å². The molecule has 1 rings (SSSR count). The van der Waals surface area contributed by atoms with Crippen LogP contribution in [-0.4, -0.2) is 27.1 Å². The Hall–Kier alpha value is -0.290. The van der Waals surface area contributed by atoms with E-state index in [2.05, 4.69) is 17.6 Å². The highest BCUT2D eigenvalue weighted by atomic mass is 35.5. The average Bonchev–Trinajstić information content (AvgIpc) is 2.15. The molecule has 2 atom stereocenters. The summed E-state index contributed by atoms with van der Waals surface area (Å²) in [5.74, 6) is 0.176. The highest BCUT2D eigenvalue weighted by Gasteiger charge is 2.17. The fraction of sp³-hybridized carbons (Fsp3) is 0.375. The monoisotopic (exact) mass is 219 g/mol. The maximum absolute atomic E-state index is 9.49. The van der Waals surface area contributed by atoms with Gasteiger partial charge in [-0.3, -0.25) is 4.98 Å². The third-order valence-corrected chi connectivity index (χ3v) is 2.21. The molecule has 13 heavy (non-hydrogen) atoms. The van der Waals surface area contributed by atoms with Crippen LogP contribution in [0, 0.1) is 0 Å². The normalized spacial score (nSPS) is 15.4. The summed E-state index contributed by atoms with van der Waals surface area (Å²) in [5.41, 5.74) is 0.356. The zero-order chi connectivity index (χ0) is 9.84. The molecule has 1 aromatic heterocycles. The molecule has 0 aliphatic rings. The van der Waals surface area contributed by atoms with E-state index >= 15 is 0 Å². The van der Waals surface area contributed by atoms with Crippen molar-refractivity contribution in [3.05, 3.63) is 29.0 Å². The SMILES string of the molecule is OC(CS)C(O)c1cc(Cl)ccn1. The van der Waals surface area contributed by atoms with Gasteiger partial charge >= 0.3 is 0 Å². The van der Waals surface area contributed by atoms with Crippen LogP contribution in [0.2, 0.25) is 5.02 Å². The van der Waals surface area contributed by atoms with Crippen LogP contribution in [0.25, 0.3) is 0 Å². The molecule has 0 aliphatic heterocycles. The third-order valence-electron chi connectivity index (χ3n) is 1.60. The predicted octanol–water partition coefficient (Wildman–Crippen LogP) is 1.06. The average molecular weight is 220 g/mol. The largest absolute Gasteiger partial charge is 0.389 e. The number of pyridine rings is 1. The van der Waals surface area contributed by atoms with Crippen molar-refractivity contribution in [3.63, 3.8) is 0 Å². The van der Waals surface area contributed by atoms with E-state index in [1.54, 1.807) is 6.07 Å². The minimum absolute atomic E-state index is 0.176. The lowest BCUT2D eigenvalue weighted by Gasteiger charge is -2.14. The Morgan fingerprint density at radius 3 is 2.77 bits per heavy atom. The van der Waals surface area contributed by atoms with Gasteiger partial charge < -0.3 is 10.2 Å². The fourth-order valence-corrected chi connectivity index (χ4v) is 1.25. The Balaban J connectivity index is 2.82. The van der Waals surface area contributed by atoms with Crippen molar-refractivity contribution in [2.45, 2.75) is 12.2 Å². The van der Waals surface area contributed by atoms with Gasteiger partial charge in [0, 0.05) is 17.0 Å². The topological polar surface area (TPSA) is 53.4 Å². The standard InChI is InChI=1S/C8H10ClNO2S/c9-5-1-2-10-6(3-5)8(12)7(11)4-13/h1-3,7-8,11-13H,4H2. The van der Waals surface area contributed by atoms with Gasteiger partial charge in [0.2, 0.25) is 0 Å². The highest BCUT2D eigenvalue weighted by Crippen LogP contribution is 2.18. The van der Waals surface area contributed by atoms with Crippen molar-refractivity contribution >= 4 is 24.2 Å². The number of thiol groups is 1. The molecule has 2 N–H and O–H groups in total. The van der Waals surface area contributed by atoms with Crippen molar-refractivity contribution in [3.8, 4) is 0 Å². The van der Waals surface area contributed by atoms with Gasteiger partial charge in [-0.25, -0.2) is 0 Å². The smallest absolute Gasteiger partial charge is 0.123 e. The minimum atomic E-state index is -1.03. The van der Waals surface area contributed by atoms with E-state index in [1.807, 2.05) is 0 Å². The summed E-state index contributed by atoms with van der Waals surface area (Å²) in [6.07, 6.45) is -0.475. The van der Waals surface area contributed by atoms with Crippen LogP contribution >= 0.6 is 24.2 Å². The van der Waals surface area contributed by atoms with Crippen LogP contribution in [0.4, 0.5) is 0 Å². The molecule has 0 saturated carbocycles. The van der Waals surface area contributed by atoms with E-state index in [-0.39, 0.29) is 5.75 Å². The lowest BCUT2D eigenvalue weighted by Crippen LogP contribution is -2.20. The van der Waals surface area contributed by atoms with E-state index < -0.39 is 12.2 Å². The zero-order valence-electron chi connectivity index (χ0n) is 6.76. The van der Waals surface area contributed by atoms with E-state index in [0.717, 1.165) is 0 Å². The van der Waals surface area contributed by atoms with Crippen molar-refractivity contribution in [2.75, 3.05) is 5.75 Å². The summed E-state index contributed by atoms with van der Waals surface area (Å²) < 4.78 is 0. The number of hydrogen-bond donors (Lipinski definition) is 3. The summed E-state index contributed by atoms with van der Waals surface area (Å²) in [6.45, 7) is 0. The number of aliphatic hydroxyl groups is 2. The Bertz CT molecular complexity index is 285. The first kappa shape index (κ1) is 10.8. The molecular formula is C8H10ClNO2S. The van der Waals surface area contributed by atoms with Crippen LogP contribution in [0.3, 0.4) is 0 Å². The molecule has 0 aliphatic carbocycles. The molecule has 2 unspecified atom stereocenters. The van der Waals surface area contributed by atoms with Gasteiger partial charge in [0.25, 0.3) is 0 Å². The molecule has 72 valence electrons. The summed E-state index contributed by atoms with van der Waals surface area (Å²) in [5, 5.41) is 19.2. The maximum Gasteiger partial charge on any atom is 0.123 e. The first-order valence-corrected chi connectivity index (χ1v) is 4.74. The second kappa shape index (κ2) is 4.81. The van der Waals surface area contributed by atoms with Gasteiger partial charge in [-0.15, -0.1) is 0 Å². The van der Waals surface area contributed by atoms with E-state index in [1.165, 1.54) is 12.3 Å². The number of aromatic nitrogens is 1. The summed E-state index contributed by atoms with van der Waals surface area (Å²) >= 11 is 9.55. The van der Waals surface area contributed by atoms with Crippen molar-refractivity contribution in [1.82, 2.24) is 4.98 Å². The highest BCUT2D eigenvalue weighted by molar-refractivity contribution is 7.80. The number of aliphatic hydroxyl groups excluding tert-OH is 2. The van der Waals surface area contributed by atoms with Gasteiger partial charge in [-0.05, 0) is 12.1 Å². The molecule has 0 saturated heterocycles. The molecule has 0 aromatic carbocycles. The first-order valence-electron chi connectivity index (χ1n) is 3.73. The van der Waals surface area contributed by atoms with Crippen LogP contribution < -0.4 is 0 Å². The summed E-state index contributed by atoms with van der Waals surface area (Å²) in [4.78, 5) is 3.88. The molecule has 0 spiro atoms. The number of rotatable bonds is 3. The Morgan fingerprint density at radius 1 is 1.54 bits per heavy atom. The molecule has 0 bridgehead atoms. The van der Waals surface area contributed by atoms with Crippen LogP contribution in [0.5, 0.6) is 0 Å². The van der Waals surface area contributed by atoms with E-state index in [0.29, 0.717) is 10.7 Å². The van der Waals surface area contributed by atoms with Gasteiger partial charge in [0.05, 0.1) is 11.8 Å². The van der Waals surface area contributed by atoms with Gasteiger partial charge in [-0.2, -0.15) is 12.6 Å². The fourth-order valence-electron chi connectivity index (χ4n) is 0.880. The van der Waals surface area contributed by atoms with Crippen LogP contribution in [0.1, 0.15) is 11.8 Å². The summed E-state index contributed by atoms with van der Waals surface area (Å²) in [7, 11) is 0. The van der Waals surface area contributed by atoms with E-state index in [4.69, 9.17) is 11.6 Å². The lowest BCUT2D eigenvalue weighted by atomic mass is 10.1. The molecule has 1 heterocycles. The second-order valence-corrected chi connectivity index (χ2v) is 3.40. The van der Waals surface area contributed by atoms with Crippen LogP contribution in [-0.2, 0) is 0 Å². The molecule has 5 heteroatoms. The quantitative estimate of drug-likeness (QED) is 0.667. The predicted molar refractivity (Wildman–Crippen MR) is 54.1 cm³/mol. The Morgan fingerprint density at radius 2 is 2.23 bits per heavy atom. The zero-order valence-corrected chi connectivity index (χ0v) is 8.41. The molecule has 0 amide bonds. The minimum Gasteiger partial charge on any atom is -0.389 e. The van der Waals surface area contributed by atoms with Crippen molar-refractivity contribution in [2.24, 2.45) is 0 Å². The molecular weight excluding hydrogens is 210 g/mol. The molecule has 0 fully saturated rings. The Labute approximate surface area is 86.8 Å². The van der Waals surface area contributed by atoms with E-state index in [9.17, 15) is 10.2 Å². The maximum atomic E-state index is 9.49. The third kappa shape index (κ3) is 2.84. The first-order chi connectivity index (χ1) is 6.15. The van der Waals surface area contributed by atoms with Gasteiger partial charge in [0.1, 0.15) is 6.10 Å². The number of hydrogen-bond acceptors (Lipinski definition) is 4. The van der Waals surface area contributed by atoms with Crippen LogP contribution in [0.15, 0.2) is 18.3 Å². The van der Waals surface area contributed by atoms with Crippen molar-refractivity contribution < 1.29 is 10.2 Å². The molecule has 0 radical (unpaired) electrons. The number of nitrogens with zero attached hydrogens (tertiary/aromatic N) is 1. The second-order valence-electron chi connectivity index (χ2n) is 2.59. The Kier molecular flexibility index (Phi) is 3.99. The summed E-state index contributed by atoms with van der Waals surface area (Å²) in [6, 6.07) is 3.11.